The summed E-state index contributed by atoms with van der Waals surface area (Å²) in [5, 5.41) is 4.98. The molecule has 70 heavy (non-hydrogen) atoms. The predicted molar refractivity (Wildman–Crippen MR) is 305 cm³/mol. The molecule has 2 aliphatic rings. The number of nitrogens with zero attached hydrogens (tertiary/aromatic N) is 2. The Morgan fingerprint density at radius 2 is 0.743 bits per heavy atom. The van der Waals surface area contributed by atoms with Crippen LogP contribution in [0.15, 0.2) is 218 Å². The van der Waals surface area contributed by atoms with Crippen LogP contribution in [0.25, 0.3) is 54.8 Å². The Balaban J connectivity index is 0.000000135. The lowest BCUT2D eigenvalue weighted by Gasteiger charge is -2.24. The first-order valence-electron chi connectivity index (χ1n) is 24.8. The molecule has 9 aromatic carbocycles. The van der Waals surface area contributed by atoms with Crippen LogP contribution in [-0.4, -0.2) is 11.1 Å². The van der Waals surface area contributed by atoms with E-state index in [2.05, 4.69) is 237 Å². The molecule has 0 spiro atoms. The summed E-state index contributed by atoms with van der Waals surface area (Å²) in [6.07, 6.45) is 11.0. The number of hydrogen-bond donors (Lipinski definition) is 0. The fourth-order valence-electron chi connectivity index (χ4n) is 10.1. The smallest absolute Gasteiger partial charge is 0.0841 e. The fraction of sp³-hybridized carbons (Fsp3) is 0.176. The van der Waals surface area contributed by atoms with Crippen molar-refractivity contribution in [1.29, 1.82) is 0 Å². The summed E-state index contributed by atoms with van der Waals surface area (Å²) in [6.45, 7) is 18.4. The number of hydrogen-bond acceptors (Lipinski definition) is 1. The van der Waals surface area contributed by atoms with Crippen LogP contribution in [0, 0.1) is 24.7 Å². The first kappa shape index (κ1) is 49.9. The van der Waals surface area contributed by atoms with Crippen molar-refractivity contribution in [1.82, 2.24) is 4.57 Å². The standard InChI is InChI=1S/C19H15N.C15H11N.2C15H14.2C2H6/c1-2-15-20(17-11-4-3-5-12-17)19-14-8-10-16-9-6-7-13-18(16)19;1-2-11-16-14-9-5-3-7-12(14)13-8-4-6-10-15(13)16;2*1-15(2)13-9-5-3-7-11(13)12-8-4-6-10-14(12)15;2*1-2/h1,3-14H,15H2;1,3-10H,11H2;2*3-10H,1-2H3;2*1-2H3. The lowest BCUT2D eigenvalue weighted by Crippen LogP contribution is -2.17. The number of terminal acetylenes is 2. The highest BCUT2D eigenvalue weighted by atomic mass is 15.1. The van der Waals surface area contributed by atoms with Crippen LogP contribution in [0.2, 0.25) is 0 Å². The number of fused-ring (bicyclic) bond motifs is 10. The van der Waals surface area contributed by atoms with Crippen LogP contribution in [0.1, 0.15) is 77.6 Å². The molecule has 348 valence electrons. The highest BCUT2D eigenvalue weighted by Gasteiger charge is 2.35. The molecule has 0 bridgehead atoms. The van der Waals surface area contributed by atoms with Crippen molar-refractivity contribution >= 4 is 44.0 Å². The lowest BCUT2D eigenvalue weighted by atomic mass is 9.82. The Labute approximate surface area is 418 Å². The minimum atomic E-state index is 0.160. The topological polar surface area (TPSA) is 8.17 Å². The Kier molecular flexibility index (Phi) is 16.3. The second kappa shape index (κ2) is 22.8. The average molecular weight is 911 g/mol. The number of aromatic nitrogens is 1. The maximum absolute atomic E-state index is 5.56. The lowest BCUT2D eigenvalue weighted by molar-refractivity contribution is 0.660. The van der Waals surface area contributed by atoms with Gasteiger partial charge in [-0.15, -0.1) is 12.8 Å². The number of anilines is 2. The fourth-order valence-corrected chi connectivity index (χ4v) is 10.1. The molecule has 0 amide bonds. The SMILES string of the molecule is C#CCN(c1ccccc1)c1cccc2ccccc12.C#CCn1c2ccccc2c2ccccc21.CC.CC.CC1(C)c2ccccc2-c2ccccc21.CC1(C)c2ccccc2-c2ccccc21. The van der Waals surface area contributed by atoms with Gasteiger partial charge in [0.05, 0.1) is 13.1 Å². The zero-order valence-electron chi connectivity index (χ0n) is 42.2. The summed E-state index contributed by atoms with van der Waals surface area (Å²) < 4.78 is 2.19. The number of rotatable bonds is 4. The maximum atomic E-state index is 5.56. The molecule has 0 atom stereocenters. The van der Waals surface area contributed by atoms with Gasteiger partial charge in [0.25, 0.3) is 0 Å². The van der Waals surface area contributed by atoms with Gasteiger partial charge in [0.15, 0.2) is 0 Å². The minimum Gasteiger partial charge on any atom is -0.329 e. The molecule has 2 aliphatic carbocycles. The van der Waals surface area contributed by atoms with Crippen LogP contribution in [-0.2, 0) is 17.4 Å². The third-order valence-electron chi connectivity index (χ3n) is 13.3. The molecule has 0 fully saturated rings. The number of para-hydroxylation sites is 3. The van der Waals surface area contributed by atoms with E-state index >= 15 is 0 Å². The molecular weight excluding hydrogens is 845 g/mol. The molecule has 2 nitrogen and oxygen atoms in total. The maximum Gasteiger partial charge on any atom is 0.0841 e. The Hall–Kier alpha value is -8.04. The van der Waals surface area contributed by atoms with E-state index in [1.54, 1.807) is 0 Å². The first-order chi connectivity index (χ1) is 34.2. The highest BCUT2D eigenvalue weighted by molar-refractivity contribution is 6.08. The highest BCUT2D eigenvalue weighted by Crippen LogP contribution is 2.49. The van der Waals surface area contributed by atoms with Crippen molar-refractivity contribution in [2.45, 2.75) is 72.8 Å². The van der Waals surface area contributed by atoms with Crippen LogP contribution in [0.3, 0.4) is 0 Å². The Bertz CT molecular complexity index is 3150. The second-order valence-corrected chi connectivity index (χ2v) is 17.9. The molecule has 1 aromatic heterocycles. The molecular formula is C68H66N2. The summed E-state index contributed by atoms with van der Waals surface area (Å²) in [6, 6.07) is 76.6. The van der Waals surface area contributed by atoms with E-state index in [1.807, 2.05) is 58.0 Å². The van der Waals surface area contributed by atoms with Gasteiger partial charge in [0, 0.05) is 49.4 Å². The molecule has 0 radical (unpaired) electrons. The van der Waals surface area contributed by atoms with Crippen molar-refractivity contribution in [3.63, 3.8) is 0 Å². The Morgan fingerprint density at radius 1 is 0.386 bits per heavy atom. The van der Waals surface area contributed by atoms with Gasteiger partial charge >= 0.3 is 0 Å². The minimum absolute atomic E-state index is 0.160. The number of benzene rings is 9. The molecule has 12 rings (SSSR count). The molecule has 0 unspecified atom stereocenters. The van der Waals surface area contributed by atoms with E-state index in [1.165, 1.54) is 77.1 Å². The third-order valence-corrected chi connectivity index (χ3v) is 13.3. The largest absolute Gasteiger partial charge is 0.329 e. The van der Waals surface area contributed by atoms with Crippen LogP contribution < -0.4 is 4.90 Å². The van der Waals surface area contributed by atoms with Crippen molar-refractivity contribution in [2.24, 2.45) is 0 Å². The Morgan fingerprint density at radius 3 is 1.17 bits per heavy atom. The molecule has 0 aliphatic heterocycles. The van der Waals surface area contributed by atoms with Crippen molar-refractivity contribution in [3.8, 4) is 46.9 Å². The van der Waals surface area contributed by atoms with E-state index in [0.29, 0.717) is 13.1 Å². The van der Waals surface area contributed by atoms with E-state index in [9.17, 15) is 0 Å². The first-order valence-corrected chi connectivity index (χ1v) is 24.8. The van der Waals surface area contributed by atoms with Crippen molar-refractivity contribution in [2.75, 3.05) is 11.4 Å². The molecule has 2 heteroatoms. The zero-order chi connectivity index (χ0) is 49.7. The van der Waals surface area contributed by atoms with E-state index in [0.717, 1.165) is 11.4 Å². The molecule has 0 saturated carbocycles. The normalized spacial score (nSPS) is 12.3. The van der Waals surface area contributed by atoms with Crippen molar-refractivity contribution in [3.05, 3.63) is 241 Å². The van der Waals surface area contributed by atoms with Gasteiger partial charge in [0.2, 0.25) is 0 Å². The predicted octanol–water partition coefficient (Wildman–Crippen LogP) is 18.1. The monoisotopic (exact) mass is 911 g/mol. The van der Waals surface area contributed by atoms with Gasteiger partial charge < -0.3 is 9.47 Å². The summed E-state index contributed by atoms with van der Waals surface area (Å²) in [5.41, 5.74) is 16.4. The summed E-state index contributed by atoms with van der Waals surface area (Å²) in [7, 11) is 0. The van der Waals surface area contributed by atoms with Gasteiger partial charge in [-0.1, -0.05) is 255 Å². The quantitative estimate of drug-likeness (QED) is 0.160. The van der Waals surface area contributed by atoms with Gasteiger partial charge in [-0.05, 0) is 80.2 Å². The molecule has 10 aromatic rings. The van der Waals surface area contributed by atoms with Crippen molar-refractivity contribution < 1.29 is 0 Å². The van der Waals surface area contributed by atoms with E-state index in [4.69, 9.17) is 12.8 Å². The van der Waals surface area contributed by atoms with Gasteiger partial charge in [-0.2, -0.15) is 0 Å². The summed E-state index contributed by atoms with van der Waals surface area (Å²) in [5.74, 6) is 5.47. The van der Waals surface area contributed by atoms with Crippen LogP contribution in [0.5, 0.6) is 0 Å². The third kappa shape index (κ3) is 9.92. The van der Waals surface area contributed by atoms with E-state index < -0.39 is 0 Å². The average Bonchev–Trinajstić information content (AvgIpc) is 3.96. The second-order valence-electron chi connectivity index (χ2n) is 17.9. The molecule has 0 saturated heterocycles. The summed E-state index contributed by atoms with van der Waals surface area (Å²) >= 11 is 0. The van der Waals surface area contributed by atoms with Crippen LogP contribution in [0.4, 0.5) is 11.4 Å². The molecule has 0 N–H and O–H groups in total. The van der Waals surface area contributed by atoms with Crippen LogP contribution >= 0.6 is 0 Å². The van der Waals surface area contributed by atoms with Gasteiger partial charge in [0.1, 0.15) is 0 Å². The zero-order valence-corrected chi connectivity index (χ0v) is 42.2. The van der Waals surface area contributed by atoms with E-state index in [-0.39, 0.29) is 10.8 Å². The van der Waals surface area contributed by atoms with Gasteiger partial charge in [-0.3, -0.25) is 0 Å². The molecule has 1 heterocycles. The summed E-state index contributed by atoms with van der Waals surface area (Å²) in [4.78, 5) is 2.17. The van der Waals surface area contributed by atoms with Gasteiger partial charge in [-0.25, -0.2) is 0 Å².